The molecule has 1 aliphatic heterocycles. The molecule has 1 N–H and O–H groups in total. The van der Waals surface area contributed by atoms with Crippen molar-refractivity contribution < 1.29 is 14.3 Å². The predicted molar refractivity (Wildman–Crippen MR) is 102 cm³/mol. The van der Waals surface area contributed by atoms with Crippen molar-refractivity contribution >= 4 is 27.7 Å². The smallest absolute Gasteiger partial charge is 0.226 e. The van der Waals surface area contributed by atoms with Crippen molar-refractivity contribution in [3.8, 4) is 11.5 Å². The van der Waals surface area contributed by atoms with Crippen molar-refractivity contribution in [3.63, 3.8) is 0 Å². The lowest BCUT2D eigenvalue weighted by Gasteiger charge is -2.28. The number of nitrogens with one attached hydrogen (secondary N) is 1. The highest BCUT2D eigenvalue weighted by Gasteiger charge is 2.32. The van der Waals surface area contributed by atoms with E-state index in [9.17, 15) is 4.79 Å². The number of hydrogen-bond donors (Lipinski definition) is 1. The van der Waals surface area contributed by atoms with Crippen molar-refractivity contribution in [2.24, 2.45) is 0 Å². The molecule has 0 radical (unpaired) electrons. The third kappa shape index (κ3) is 3.21. The van der Waals surface area contributed by atoms with E-state index >= 15 is 0 Å². The molecular weight excluding hydrogens is 400 g/mol. The average molecular weight is 421 g/mol. The van der Waals surface area contributed by atoms with Gasteiger partial charge in [-0.25, -0.2) is 4.68 Å². The molecule has 26 heavy (non-hydrogen) atoms. The number of aromatic nitrogens is 3. The van der Waals surface area contributed by atoms with Gasteiger partial charge in [0.1, 0.15) is 12.4 Å². The molecule has 1 aromatic carbocycles. The van der Waals surface area contributed by atoms with Crippen molar-refractivity contribution in [3.05, 3.63) is 39.8 Å². The second-order valence-electron chi connectivity index (χ2n) is 5.85. The molecule has 2 aromatic rings. The number of carbonyl (C=O) groups excluding carboxylic acids is 1. The minimum atomic E-state index is -0.391. The number of allylic oxidation sites excluding steroid dienone is 2. The average Bonchev–Trinajstić information content (AvgIpc) is 3.04. The number of nitrogens with zero attached hydrogens (tertiary/aromatic N) is 3. The number of carbonyl (C=O) groups is 1. The number of halogens is 1. The quantitative estimate of drug-likeness (QED) is 0.766. The van der Waals surface area contributed by atoms with Crippen LogP contribution < -0.4 is 14.8 Å². The number of rotatable bonds is 6. The Balaban J connectivity index is 2.19. The lowest BCUT2D eigenvalue weighted by Crippen LogP contribution is -2.27. The van der Waals surface area contributed by atoms with Gasteiger partial charge >= 0.3 is 0 Å². The number of fused-ring (bicyclic) bond motifs is 1. The second kappa shape index (κ2) is 7.49. The third-order valence-corrected chi connectivity index (χ3v) is 4.70. The zero-order valence-corrected chi connectivity index (χ0v) is 16.8. The molecule has 8 heteroatoms. The maximum Gasteiger partial charge on any atom is 0.226 e. The summed E-state index contributed by atoms with van der Waals surface area (Å²) in [6.45, 7) is 8.30. The molecule has 2 heterocycles. The van der Waals surface area contributed by atoms with Gasteiger partial charge in [-0.15, -0.1) is 0 Å². The Bertz CT molecular complexity index is 875. The zero-order chi connectivity index (χ0) is 18.8. The van der Waals surface area contributed by atoms with Gasteiger partial charge in [-0.2, -0.15) is 10.1 Å². The Labute approximate surface area is 160 Å². The van der Waals surface area contributed by atoms with Crippen molar-refractivity contribution in [2.75, 3.05) is 18.5 Å². The maximum atomic E-state index is 12.4. The van der Waals surface area contributed by atoms with Crippen LogP contribution in [-0.4, -0.2) is 33.8 Å². The number of hydrogen-bond acceptors (Lipinski definition) is 6. The molecule has 7 nitrogen and oxygen atoms in total. The molecule has 3 rings (SSSR count). The van der Waals surface area contributed by atoms with E-state index < -0.39 is 6.04 Å². The molecule has 0 fully saturated rings. The van der Waals surface area contributed by atoms with Gasteiger partial charge in [0.2, 0.25) is 5.95 Å². The van der Waals surface area contributed by atoms with Gasteiger partial charge in [-0.1, -0.05) is 0 Å². The minimum Gasteiger partial charge on any atom is -0.490 e. The first-order chi connectivity index (χ1) is 12.5. The third-order valence-electron chi connectivity index (χ3n) is 4.11. The van der Waals surface area contributed by atoms with Gasteiger partial charge in [-0.05, 0) is 61.3 Å². The first-order valence-corrected chi connectivity index (χ1v) is 9.24. The highest BCUT2D eigenvalue weighted by Crippen LogP contribution is 2.42. The number of ketones is 1. The minimum absolute atomic E-state index is 0.0240. The first kappa shape index (κ1) is 18.4. The number of Topliss-reactive ketones (excluding diaryl/α,β-unsaturated/α-hetero) is 1. The van der Waals surface area contributed by atoms with E-state index in [4.69, 9.17) is 9.47 Å². The fourth-order valence-electron chi connectivity index (χ4n) is 3.15. The predicted octanol–water partition coefficient (Wildman–Crippen LogP) is 3.72. The van der Waals surface area contributed by atoms with Crippen LogP contribution in [0.3, 0.4) is 0 Å². The van der Waals surface area contributed by atoms with Crippen LogP contribution in [0, 0.1) is 0 Å². The fraction of sp³-hybridized carbons (Fsp3) is 0.389. The summed E-state index contributed by atoms with van der Waals surface area (Å²) in [5.41, 5.74) is 2.27. The SMILES string of the molecule is CCOc1cc(C2C(C(C)=O)=C(C)Nc3ncnn32)cc(Br)c1OCC. The number of benzene rings is 1. The monoisotopic (exact) mass is 420 g/mol. The van der Waals surface area contributed by atoms with E-state index in [-0.39, 0.29) is 5.78 Å². The van der Waals surface area contributed by atoms with Gasteiger partial charge in [0, 0.05) is 11.3 Å². The van der Waals surface area contributed by atoms with Crippen LogP contribution in [0.4, 0.5) is 5.95 Å². The zero-order valence-electron chi connectivity index (χ0n) is 15.2. The van der Waals surface area contributed by atoms with Crippen LogP contribution in [0.15, 0.2) is 34.2 Å². The summed E-state index contributed by atoms with van der Waals surface area (Å²) in [5.74, 6) is 1.85. The number of anilines is 1. The van der Waals surface area contributed by atoms with Crippen LogP contribution in [-0.2, 0) is 4.79 Å². The molecule has 0 saturated carbocycles. The maximum absolute atomic E-state index is 12.4. The van der Waals surface area contributed by atoms with E-state index in [1.165, 1.54) is 6.33 Å². The van der Waals surface area contributed by atoms with Crippen molar-refractivity contribution in [1.82, 2.24) is 14.8 Å². The Morgan fingerprint density at radius 1 is 1.31 bits per heavy atom. The van der Waals surface area contributed by atoms with Gasteiger partial charge in [0.25, 0.3) is 0 Å². The van der Waals surface area contributed by atoms with E-state index in [0.717, 1.165) is 15.7 Å². The second-order valence-corrected chi connectivity index (χ2v) is 6.70. The van der Waals surface area contributed by atoms with Crippen LogP contribution in [0.25, 0.3) is 0 Å². The van der Waals surface area contributed by atoms with Gasteiger partial charge in [-0.3, -0.25) is 4.79 Å². The fourth-order valence-corrected chi connectivity index (χ4v) is 3.72. The molecule has 138 valence electrons. The van der Waals surface area contributed by atoms with Crippen LogP contribution >= 0.6 is 15.9 Å². The highest BCUT2D eigenvalue weighted by molar-refractivity contribution is 9.10. The van der Waals surface area contributed by atoms with E-state index in [2.05, 4.69) is 31.3 Å². The van der Waals surface area contributed by atoms with Crippen molar-refractivity contribution in [2.45, 2.75) is 33.7 Å². The molecule has 1 aromatic heterocycles. The van der Waals surface area contributed by atoms with Crippen LogP contribution in [0.5, 0.6) is 11.5 Å². The van der Waals surface area contributed by atoms with E-state index in [0.29, 0.717) is 36.2 Å². The number of ether oxygens (including phenoxy) is 2. The molecule has 1 aliphatic rings. The lowest BCUT2D eigenvalue weighted by atomic mass is 9.93. The normalized spacial score (nSPS) is 16.1. The van der Waals surface area contributed by atoms with E-state index in [1.807, 2.05) is 32.9 Å². The summed E-state index contributed by atoms with van der Waals surface area (Å²) < 4.78 is 14.0. The van der Waals surface area contributed by atoms with E-state index in [1.54, 1.807) is 11.6 Å². The molecule has 0 amide bonds. The lowest BCUT2D eigenvalue weighted by molar-refractivity contribution is -0.114. The first-order valence-electron chi connectivity index (χ1n) is 8.45. The molecule has 0 bridgehead atoms. The molecule has 0 aliphatic carbocycles. The van der Waals surface area contributed by atoms with Crippen LogP contribution in [0.2, 0.25) is 0 Å². The summed E-state index contributed by atoms with van der Waals surface area (Å²) >= 11 is 3.57. The summed E-state index contributed by atoms with van der Waals surface area (Å²) in [5, 5.41) is 7.45. The highest BCUT2D eigenvalue weighted by atomic mass is 79.9. The van der Waals surface area contributed by atoms with Crippen LogP contribution in [0.1, 0.15) is 39.3 Å². The van der Waals surface area contributed by atoms with Gasteiger partial charge in [0.15, 0.2) is 17.3 Å². The summed E-state index contributed by atoms with van der Waals surface area (Å²) in [6, 6.07) is 3.44. The Kier molecular flexibility index (Phi) is 5.31. The Hall–Kier alpha value is -2.35. The molecule has 1 unspecified atom stereocenters. The van der Waals surface area contributed by atoms with Gasteiger partial charge < -0.3 is 14.8 Å². The Morgan fingerprint density at radius 3 is 2.69 bits per heavy atom. The summed E-state index contributed by atoms with van der Waals surface area (Å²) in [7, 11) is 0. The standard InChI is InChI=1S/C18H21BrN4O3/c1-5-25-14-8-12(7-13(19)17(14)26-6-2)16-15(11(4)24)10(3)22-18-20-9-21-23(16)18/h7-9,16H,5-6H2,1-4H3,(H,20,21,22). The van der Waals surface area contributed by atoms with Gasteiger partial charge in [0.05, 0.1) is 17.7 Å². The molecular formula is C18H21BrN4O3. The molecule has 0 spiro atoms. The molecule has 0 saturated heterocycles. The summed E-state index contributed by atoms with van der Waals surface area (Å²) in [6.07, 6.45) is 1.47. The van der Waals surface area contributed by atoms with Crippen molar-refractivity contribution in [1.29, 1.82) is 0 Å². The Morgan fingerprint density at radius 2 is 2.04 bits per heavy atom. The largest absolute Gasteiger partial charge is 0.490 e. The topological polar surface area (TPSA) is 78.3 Å². The summed E-state index contributed by atoms with van der Waals surface area (Å²) in [4.78, 5) is 16.6. The molecule has 1 atom stereocenters.